The summed E-state index contributed by atoms with van der Waals surface area (Å²) in [7, 11) is 0. The summed E-state index contributed by atoms with van der Waals surface area (Å²) in [5.74, 6) is 0. The van der Waals surface area contributed by atoms with E-state index >= 15 is 0 Å². The van der Waals surface area contributed by atoms with Crippen LogP contribution in [0.1, 0.15) is 27.7 Å². The predicted octanol–water partition coefficient (Wildman–Crippen LogP) is -0.540. The van der Waals surface area contributed by atoms with Crippen molar-refractivity contribution in [1.29, 1.82) is 0 Å². The van der Waals surface area contributed by atoms with Gasteiger partial charge in [0.2, 0.25) is 0 Å². The minimum absolute atomic E-state index is 0. The van der Waals surface area contributed by atoms with E-state index in [-0.39, 0.29) is 12.4 Å². The van der Waals surface area contributed by atoms with Crippen LogP contribution in [0.15, 0.2) is 12.2 Å². The summed E-state index contributed by atoms with van der Waals surface area (Å²) in [6, 6.07) is 0. The standard InChI is InChI=1S/C12H26NO.ClH/c1-6-13(7-2,8-3)9-10-14-11-12(4)5;/h4,6-11H2,1-3,5H3;1H/q+1;/p-1. The molecule has 15 heavy (non-hydrogen) atoms. The molecule has 0 aliphatic rings. The van der Waals surface area contributed by atoms with Gasteiger partial charge in [-0.15, -0.1) is 0 Å². The zero-order valence-electron chi connectivity index (χ0n) is 10.7. The number of ether oxygens (including phenoxy) is 1. The molecule has 92 valence electrons. The number of quaternary nitrogens is 1. The van der Waals surface area contributed by atoms with Crippen molar-refractivity contribution in [3.63, 3.8) is 0 Å². The normalized spacial score (nSPS) is 10.9. The molecular formula is C12H26ClNO. The Hall–Kier alpha value is -0.0500. The van der Waals surface area contributed by atoms with Crippen molar-refractivity contribution in [3.05, 3.63) is 12.2 Å². The van der Waals surface area contributed by atoms with E-state index in [0.29, 0.717) is 6.61 Å². The molecular weight excluding hydrogens is 210 g/mol. The fraction of sp³-hybridized carbons (Fsp3) is 0.833. The van der Waals surface area contributed by atoms with Gasteiger partial charge in [-0.2, -0.15) is 0 Å². The monoisotopic (exact) mass is 235 g/mol. The van der Waals surface area contributed by atoms with E-state index in [2.05, 4.69) is 27.4 Å². The molecule has 0 fully saturated rings. The van der Waals surface area contributed by atoms with Gasteiger partial charge in [0.15, 0.2) is 0 Å². The molecule has 0 saturated heterocycles. The van der Waals surface area contributed by atoms with Gasteiger partial charge < -0.3 is 21.6 Å². The average molecular weight is 236 g/mol. The number of hydrogen-bond donors (Lipinski definition) is 0. The first-order chi connectivity index (χ1) is 6.60. The van der Waals surface area contributed by atoms with Crippen LogP contribution in [0.25, 0.3) is 0 Å². The summed E-state index contributed by atoms with van der Waals surface area (Å²) >= 11 is 0. The molecule has 0 amide bonds. The maximum Gasteiger partial charge on any atom is 0.102 e. The number of nitrogens with zero attached hydrogens (tertiary/aromatic N) is 1. The topological polar surface area (TPSA) is 9.23 Å². The highest BCUT2D eigenvalue weighted by atomic mass is 35.5. The summed E-state index contributed by atoms with van der Waals surface area (Å²) in [6.45, 7) is 18.9. The lowest BCUT2D eigenvalue weighted by atomic mass is 10.3. The molecule has 0 aromatic heterocycles. The van der Waals surface area contributed by atoms with Gasteiger partial charge in [-0.1, -0.05) is 12.2 Å². The Morgan fingerprint density at radius 2 is 1.60 bits per heavy atom. The molecule has 0 atom stereocenters. The van der Waals surface area contributed by atoms with Crippen LogP contribution in [-0.4, -0.2) is 43.9 Å². The fourth-order valence-electron chi connectivity index (χ4n) is 1.65. The molecule has 0 N–H and O–H groups in total. The Morgan fingerprint density at radius 3 is 1.93 bits per heavy atom. The Morgan fingerprint density at radius 1 is 1.13 bits per heavy atom. The van der Waals surface area contributed by atoms with E-state index in [9.17, 15) is 0 Å². The van der Waals surface area contributed by atoms with Crippen LogP contribution in [0, 0.1) is 0 Å². The van der Waals surface area contributed by atoms with Crippen molar-refractivity contribution in [2.75, 3.05) is 39.4 Å². The van der Waals surface area contributed by atoms with E-state index < -0.39 is 0 Å². The molecule has 0 saturated carbocycles. The second-order valence-electron chi connectivity index (χ2n) is 4.02. The molecule has 0 rings (SSSR count). The van der Waals surface area contributed by atoms with Crippen molar-refractivity contribution in [3.8, 4) is 0 Å². The molecule has 0 unspecified atom stereocenters. The van der Waals surface area contributed by atoms with E-state index in [0.717, 1.165) is 23.2 Å². The second kappa shape index (κ2) is 9.20. The highest BCUT2D eigenvalue weighted by Crippen LogP contribution is 2.05. The van der Waals surface area contributed by atoms with Crippen LogP contribution >= 0.6 is 0 Å². The van der Waals surface area contributed by atoms with Crippen LogP contribution < -0.4 is 12.4 Å². The van der Waals surface area contributed by atoms with Crippen molar-refractivity contribution in [2.24, 2.45) is 0 Å². The van der Waals surface area contributed by atoms with Gasteiger partial charge in [-0.25, -0.2) is 0 Å². The Kier molecular flexibility index (Phi) is 10.6. The fourth-order valence-corrected chi connectivity index (χ4v) is 1.65. The third-order valence-corrected chi connectivity index (χ3v) is 3.07. The highest BCUT2D eigenvalue weighted by molar-refractivity contribution is 4.87. The Bertz CT molecular complexity index is 159. The highest BCUT2D eigenvalue weighted by Gasteiger charge is 2.19. The Balaban J connectivity index is 0. The molecule has 0 aromatic rings. The molecule has 0 radical (unpaired) electrons. The molecule has 2 nitrogen and oxygen atoms in total. The van der Waals surface area contributed by atoms with E-state index in [1.807, 2.05) is 6.92 Å². The molecule has 0 spiro atoms. The molecule has 0 aliphatic heterocycles. The van der Waals surface area contributed by atoms with Crippen molar-refractivity contribution >= 4 is 0 Å². The molecule has 0 heterocycles. The van der Waals surface area contributed by atoms with Gasteiger partial charge in [0.05, 0.1) is 32.8 Å². The molecule has 0 bridgehead atoms. The molecule has 0 aromatic carbocycles. The summed E-state index contributed by atoms with van der Waals surface area (Å²) in [4.78, 5) is 0. The minimum atomic E-state index is 0. The SMILES string of the molecule is C=C(C)COCC[N+](CC)(CC)CC.[Cl-]. The van der Waals surface area contributed by atoms with E-state index in [1.54, 1.807) is 0 Å². The van der Waals surface area contributed by atoms with Crippen LogP contribution in [0.5, 0.6) is 0 Å². The smallest absolute Gasteiger partial charge is 0.102 e. The lowest BCUT2D eigenvalue weighted by Gasteiger charge is -2.35. The minimum Gasteiger partial charge on any atom is -1.00 e. The van der Waals surface area contributed by atoms with Crippen LogP contribution in [0.3, 0.4) is 0 Å². The average Bonchev–Trinajstić information content (AvgIpc) is 2.19. The first kappa shape index (κ1) is 17.3. The van der Waals surface area contributed by atoms with E-state index in [4.69, 9.17) is 4.74 Å². The van der Waals surface area contributed by atoms with Gasteiger partial charge in [0.1, 0.15) is 6.54 Å². The van der Waals surface area contributed by atoms with Crippen molar-refractivity contribution in [2.45, 2.75) is 27.7 Å². The van der Waals surface area contributed by atoms with E-state index in [1.165, 1.54) is 19.6 Å². The van der Waals surface area contributed by atoms with Crippen molar-refractivity contribution in [1.82, 2.24) is 0 Å². The summed E-state index contributed by atoms with van der Waals surface area (Å²) in [6.07, 6.45) is 0. The maximum absolute atomic E-state index is 5.54. The first-order valence-corrected chi connectivity index (χ1v) is 5.67. The van der Waals surface area contributed by atoms with Crippen LogP contribution in [-0.2, 0) is 4.74 Å². The zero-order valence-corrected chi connectivity index (χ0v) is 11.4. The maximum atomic E-state index is 5.54. The van der Waals surface area contributed by atoms with Gasteiger partial charge in [-0.05, 0) is 27.7 Å². The number of halogens is 1. The predicted molar refractivity (Wildman–Crippen MR) is 62.4 cm³/mol. The zero-order chi connectivity index (χ0) is 11.0. The van der Waals surface area contributed by atoms with Gasteiger partial charge >= 0.3 is 0 Å². The summed E-state index contributed by atoms with van der Waals surface area (Å²) in [5.41, 5.74) is 1.10. The Labute approximate surface area is 101 Å². The first-order valence-electron chi connectivity index (χ1n) is 5.67. The molecule has 3 heteroatoms. The van der Waals surface area contributed by atoms with Crippen LogP contribution in [0.4, 0.5) is 0 Å². The number of rotatable bonds is 8. The van der Waals surface area contributed by atoms with Gasteiger partial charge in [0, 0.05) is 0 Å². The lowest BCUT2D eigenvalue weighted by Crippen LogP contribution is -3.00. The number of hydrogen-bond acceptors (Lipinski definition) is 1. The quantitative estimate of drug-likeness (QED) is 0.312. The third-order valence-electron chi connectivity index (χ3n) is 3.07. The third kappa shape index (κ3) is 6.93. The van der Waals surface area contributed by atoms with Crippen molar-refractivity contribution < 1.29 is 21.6 Å². The number of likely N-dealkylation sites (N-methyl/N-ethyl adjacent to an activating group) is 1. The molecule has 0 aliphatic carbocycles. The van der Waals surface area contributed by atoms with Gasteiger partial charge in [0.25, 0.3) is 0 Å². The largest absolute Gasteiger partial charge is 1.00 e. The summed E-state index contributed by atoms with van der Waals surface area (Å²) in [5, 5.41) is 0. The summed E-state index contributed by atoms with van der Waals surface area (Å²) < 4.78 is 6.70. The second-order valence-corrected chi connectivity index (χ2v) is 4.02. The lowest BCUT2D eigenvalue weighted by molar-refractivity contribution is -0.923. The van der Waals surface area contributed by atoms with Gasteiger partial charge in [-0.3, -0.25) is 0 Å². The van der Waals surface area contributed by atoms with Crippen LogP contribution in [0.2, 0.25) is 0 Å².